The second kappa shape index (κ2) is 7.87. The molecule has 0 saturated carbocycles. The number of aryl methyl sites for hydroxylation is 2. The fourth-order valence-electron chi connectivity index (χ4n) is 1.85. The number of nitrogens with zero attached hydrogens (tertiary/aromatic N) is 1. The Bertz CT molecular complexity index is 557. The van der Waals surface area contributed by atoms with Crippen LogP contribution in [0.15, 0.2) is 23.6 Å². The Morgan fingerprint density at radius 2 is 2.20 bits per heavy atom. The molecule has 0 N–H and O–H groups in total. The lowest BCUT2D eigenvalue weighted by atomic mass is 10.1. The van der Waals surface area contributed by atoms with Crippen molar-refractivity contribution in [2.75, 3.05) is 6.61 Å². The molecule has 0 bridgehead atoms. The van der Waals surface area contributed by atoms with Gasteiger partial charge in [0, 0.05) is 16.8 Å². The van der Waals surface area contributed by atoms with Gasteiger partial charge in [-0.05, 0) is 36.6 Å². The summed E-state index contributed by atoms with van der Waals surface area (Å²) in [6.45, 7) is 2.77. The van der Waals surface area contributed by atoms with Crippen LogP contribution < -0.4 is 4.74 Å². The predicted octanol–water partition coefficient (Wildman–Crippen LogP) is 5.11. The highest BCUT2D eigenvalue weighted by atomic mass is 35.5. The largest absolute Gasteiger partial charge is 0.494 e. The summed E-state index contributed by atoms with van der Waals surface area (Å²) < 4.78 is 5.75. The third-order valence-electron chi connectivity index (χ3n) is 2.94. The molecular weight excluding hydrogens is 313 g/mol. The van der Waals surface area contributed by atoms with Crippen LogP contribution in [-0.4, -0.2) is 11.6 Å². The van der Waals surface area contributed by atoms with E-state index in [9.17, 15) is 0 Å². The first-order chi connectivity index (χ1) is 9.72. The van der Waals surface area contributed by atoms with Crippen molar-refractivity contribution in [3.05, 3.63) is 44.9 Å². The maximum absolute atomic E-state index is 6.08. The normalized spacial score (nSPS) is 10.8. The summed E-state index contributed by atoms with van der Waals surface area (Å²) in [6.07, 6.45) is 2.78. The van der Waals surface area contributed by atoms with E-state index < -0.39 is 0 Å². The zero-order valence-corrected chi connectivity index (χ0v) is 13.7. The van der Waals surface area contributed by atoms with Crippen LogP contribution in [0.4, 0.5) is 0 Å². The molecule has 2 rings (SSSR count). The van der Waals surface area contributed by atoms with Crippen molar-refractivity contribution in [1.82, 2.24) is 4.98 Å². The predicted molar refractivity (Wildman–Crippen MR) is 86.3 cm³/mol. The van der Waals surface area contributed by atoms with Gasteiger partial charge in [0.15, 0.2) is 0 Å². The molecule has 0 amide bonds. The van der Waals surface area contributed by atoms with Crippen LogP contribution in [0, 0.1) is 0 Å². The van der Waals surface area contributed by atoms with Crippen LogP contribution in [0.2, 0.25) is 5.02 Å². The molecule has 0 spiro atoms. The summed E-state index contributed by atoms with van der Waals surface area (Å²) >= 11 is 13.5. The third-order valence-corrected chi connectivity index (χ3v) is 4.54. The van der Waals surface area contributed by atoms with Crippen molar-refractivity contribution in [3.8, 4) is 5.75 Å². The molecule has 108 valence electrons. The molecule has 1 heterocycles. The maximum atomic E-state index is 6.08. The van der Waals surface area contributed by atoms with Crippen LogP contribution in [0.3, 0.4) is 0 Å². The SMILES string of the molecule is CCc1cc(OCCCc2nc(CCl)cs2)ccc1Cl. The summed E-state index contributed by atoms with van der Waals surface area (Å²) in [7, 11) is 0. The molecule has 2 nitrogen and oxygen atoms in total. The molecule has 1 aromatic carbocycles. The minimum atomic E-state index is 0.484. The lowest BCUT2D eigenvalue weighted by molar-refractivity contribution is 0.310. The van der Waals surface area contributed by atoms with E-state index in [1.807, 2.05) is 23.6 Å². The summed E-state index contributed by atoms with van der Waals surface area (Å²) in [4.78, 5) is 4.43. The number of benzene rings is 1. The molecular formula is C15H17Cl2NOS. The molecule has 20 heavy (non-hydrogen) atoms. The van der Waals surface area contributed by atoms with Gasteiger partial charge in [-0.2, -0.15) is 0 Å². The number of hydrogen-bond donors (Lipinski definition) is 0. The highest BCUT2D eigenvalue weighted by Gasteiger charge is 2.03. The zero-order valence-electron chi connectivity index (χ0n) is 11.4. The van der Waals surface area contributed by atoms with E-state index in [1.165, 1.54) is 0 Å². The van der Waals surface area contributed by atoms with Gasteiger partial charge in [-0.1, -0.05) is 18.5 Å². The number of halogens is 2. The Hall–Kier alpha value is -0.770. The van der Waals surface area contributed by atoms with Crippen molar-refractivity contribution in [2.24, 2.45) is 0 Å². The molecule has 0 saturated heterocycles. The quantitative estimate of drug-likeness (QED) is 0.520. The van der Waals surface area contributed by atoms with E-state index >= 15 is 0 Å². The van der Waals surface area contributed by atoms with Gasteiger partial charge in [0.25, 0.3) is 0 Å². The second-order valence-corrected chi connectivity index (χ2v) is 6.04. The molecule has 0 aliphatic rings. The molecule has 0 aliphatic heterocycles. The topological polar surface area (TPSA) is 22.1 Å². The second-order valence-electron chi connectivity index (χ2n) is 4.42. The minimum Gasteiger partial charge on any atom is -0.494 e. The number of ether oxygens (including phenoxy) is 1. The maximum Gasteiger partial charge on any atom is 0.119 e. The minimum absolute atomic E-state index is 0.484. The number of thiazole rings is 1. The molecule has 0 atom stereocenters. The Morgan fingerprint density at radius 1 is 1.35 bits per heavy atom. The third kappa shape index (κ3) is 4.37. The average Bonchev–Trinajstić information content (AvgIpc) is 2.93. The van der Waals surface area contributed by atoms with Crippen molar-refractivity contribution in [2.45, 2.75) is 32.1 Å². The lowest BCUT2D eigenvalue weighted by Gasteiger charge is -2.08. The number of alkyl halides is 1. The van der Waals surface area contributed by atoms with E-state index in [2.05, 4.69) is 11.9 Å². The highest BCUT2D eigenvalue weighted by molar-refractivity contribution is 7.09. The Labute approximate surface area is 133 Å². The van der Waals surface area contributed by atoms with Crippen molar-refractivity contribution >= 4 is 34.5 Å². The fraction of sp³-hybridized carbons (Fsp3) is 0.400. The van der Waals surface area contributed by atoms with Crippen LogP contribution >= 0.6 is 34.5 Å². The van der Waals surface area contributed by atoms with Crippen molar-refractivity contribution in [3.63, 3.8) is 0 Å². The fourth-order valence-corrected chi connectivity index (χ4v) is 3.17. The first-order valence-electron chi connectivity index (χ1n) is 6.63. The number of hydrogen-bond acceptors (Lipinski definition) is 3. The Kier molecular flexibility index (Phi) is 6.14. The van der Waals surface area contributed by atoms with Crippen LogP contribution in [0.25, 0.3) is 0 Å². The van der Waals surface area contributed by atoms with Gasteiger partial charge in [-0.3, -0.25) is 0 Å². The van der Waals surface area contributed by atoms with Crippen LogP contribution in [0.1, 0.15) is 29.6 Å². The van der Waals surface area contributed by atoms with Gasteiger partial charge in [-0.15, -0.1) is 22.9 Å². The molecule has 0 radical (unpaired) electrons. The smallest absolute Gasteiger partial charge is 0.119 e. The lowest BCUT2D eigenvalue weighted by Crippen LogP contribution is -2.00. The standard InChI is InChI=1S/C15H17Cl2NOS/c1-2-11-8-13(5-6-14(11)17)19-7-3-4-15-18-12(9-16)10-20-15/h5-6,8,10H,2-4,7,9H2,1H3. The Balaban J connectivity index is 1.78. The number of rotatable bonds is 7. The van der Waals surface area contributed by atoms with Gasteiger partial charge in [0.05, 0.1) is 23.2 Å². The summed E-state index contributed by atoms with van der Waals surface area (Å²) in [5.41, 5.74) is 2.08. The van der Waals surface area contributed by atoms with Crippen LogP contribution in [0.5, 0.6) is 5.75 Å². The summed E-state index contributed by atoms with van der Waals surface area (Å²) in [5.74, 6) is 1.37. The van der Waals surface area contributed by atoms with Gasteiger partial charge in [0.2, 0.25) is 0 Å². The van der Waals surface area contributed by atoms with Crippen LogP contribution in [-0.2, 0) is 18.7 Å². The molecule has 0 aliphatic carbocycles. The molecule has 0 fully saturated rings. The van der Waals surface area contributed by atoms with E-state index in [-0.39, 0.29) is 0 Å². The summed E-state index contributed by atoms with van der Waals surface area (Å²) in [6, 6.07) is 5.82. The van der Waals surface area contributed by atoms with Gasteiger partial charge in [-0.25, -0.2) is 4.98 Å². The molecule has 2 aromatic rings. The van der Waals surface area contributed by atoms with Gasteiger partial charge in [0.1, 0.15) is 5.75 Å². The van der Waals surface area contributed by atoms with E-state index in [4.69, 9.17) is 27.9 Å². The number of aromatic nitrogens is 1. The molecule has 0 unspecified atom stereocenters. The van der Waals surface area contributed by atoms with Gasteiger partial charge < -0.3 is 4.74 Å². The van der Waals surface area contributed by atoms with E-state index in [0.29, 0.717) is 12.5 Å². The molecule has 5 heteroatoms. The summed E-state index contributed by atoms with van der Waals surface area (Å²) in [5, 5.41) is 3.93. The van der Waals surface area contributed by atoms with Crippen molar-refractivity contribution < 1.29 is 4.74 Å². The van der Waals surface area contributed by atoms with Crippen molar-refractivity contribution in [1.29, 1.82) is 0 Å². The highest BCUT2D eigenvalue weighted by Crippen LogP contribution is 2.22. The van der Waals surface area contributed by atoms with Gasteiger partial charge >= 0.3 is 0 Å². The van der Waals surface area contributed by atoms with E-state index in [1.54, 1.807) is 11.3 Å². The monoisotopic (exact) mass is 329 g/mol. The average molecular weight is 330 g/mol. The first kappa shape index (κ1) is 15.6. The zero-order chi connectivity index (χ0) is 14.4. The Morgan fingerprint density at radius 3 is 2.90 bits per heavy atom. The molecule has 1 aromatic heterocycles. The van der Waals surface area contributed by atoms with E-state index in [0.717, 1.165) is 46.3 Å². The first-order valence-corrected chi connectivity index (χ1v) is 8.42.